The first-order chi connectivity index (χ1) is 10.2. The van der Waals surface area contributed by atoms with Crippen LogP contribution in [0.5, 0.6) is 11.8 Å². The molecular weight excluding hydrogens is 270 g/mol. The average Bonchev–Trinajstić information content (AvgIpc) is 2.97. The Morgan fingerprint density at radius 3 is 2.76 bits per heavy atom. The minimum absolute atomic E-state index is 0.0440. The van der Waals surface area contributed by atoms with Gasteiger partial charge >= 0.3 is 6.01 Å². The van der Waals surface area contributed by atoms with E-state index in [0.29, 0.717) is 11.8 Å². The van der Waals surface area contributed by atoms with E-state index in [4.69, 9.17) is 9.47 Å². The largest absolute Gasteiger partial charge is 0.494 e. The third-order valence-electron chi connectivity index (χ3n) is 3.32. The maximum absolute atomic E-state index is 5.78. The Kier molecular flexibility index (Phi) is 3.81. The number of aromatic nitrogens is 4. The summed E-state index contributed by atoms with van der Waals surface area (Å²) in [7, 11) is 1.58. The van der Waals surface area contributed by atoms with Gasteiger partial charge in [0.25, 0.3) is 0 Å². The van der Waals surface area contributed by atoms with Crippen molar-refractivity contribution in [1.29, 1.82) is 0 Å². The van der Waals surface area contributed by atoms with Crippen LogP contribution < -0.4 is 14.4 Å². The van der Waals surface area contributed by atoms with Crippen molar-refractivity contribution < 1.29 is 9.47 Å². The van der Waals surface area contributed by atoms with E-state index < -0.39 is 0 Å². The molecule has 1 saturated heterocycles. The molecule has 0 aromatic carbocycles. The molecule has 1 atom stereocenters. The van der Waals surface area contributed by atoms with E-state index >= 15 is 0 Å². The Labute approximate surface area is 123 Å². The van der Waals surface area contributed by atoms with Gasteiger partial charge in [-0.3, -0.25) is 0 Å². The van der Waals surface area contributed by atoms with E-state index in [2.05, 4.69) is 24.8 Å². The summed E-state index contributed by atoms with van der Waals surface area (Å²) in [5.74, 6) is 1.36. The molecule has 2 aromatic rings. The Balaban J connectivity index is 1.61. The van der Waals surface area contributed by atoms with E-state index in [1.165, 1.54) is 0 Å². The molecule has 7 heteroatoms. The summed E-state index contributed by atoms with van der Waals surface area (Å²) in [6, 6.07) is 2.26. The van der Waals surface area contributed by atoms with Gasteiger partial charge in [-0.25, -0.2) is 9.97 Å². The monoisotopic (exact) mass is 287 g/mol. The number of aryl methyl sites for hydroxylation is 1. The molecule has 0 spiro atoms. The van der Waals surface area contributed by atoms with Crippen molar-refractivity contribution in [2.45, 2.75) is 19.4 Å². The molecule has 0 amide bonds. The zero-order chi connectivity index (χ0) is 14.7. The highest BCUT2D eigenvalue weighted by molar-refractivity contribution is 5.32. The van der Waals surface area contributed by atoms with Crippen molar-refractivity contribution in [3.63, 3.8) is 0 Å². The number of rotatable bonds is 4. The number of hydrogen-bond acceptors (Lipinski definition) is 7. The second kappa shape index (κ2) is 5.90. The molecule has 0 bridgehead atoms. The molecule has 0 saturated carbocycles. The van der Waals surface area contributed by atoms with Crippen LogP contribution in [0.4, 0.5) is 5.95 Å². The average molecular weight is 287 g/mol. The maximum atomic E-state index is 5.78. The first-order valence-corrected chi connectivity index (χ1v) is 6.82. The van der Waals surface area contributed by atoms with Crippen molar-refractivity contribution in [3.05, 3.63) is 30.4 Å². The highest BCUT2D eigenvalue weighted by atomic mass is 16.5. The standard InChI is InChI=1S/C14H17N5O2/c1-10-3-5-15-13(18-10)19-6-4-11(9-19)21-14-16-7-12(20-2)8-17-14/h3,5,7-8,11H,4,6,9H2,1-2H3. The molecule has 0 aliphatic carbocycles. The molecule has 0 radical (unpaired) electrons. The first-order valence-electron chi connectivity index (χ1n) is 6.82. The molecule has 3 heterocycles. The van der Waals surface area contributed by atoms with Crippen LogP contribution in [0.25, 0.3) is 0 Å². The van der Waals surface area contributed by atoms with Crippen molar-refractivity contribution in [1.82, 2.24) is 19.9 Å². The maximum Gasteiger partial charge on any atom is 0.316 e. The lowest BCUT2D eigenvalue weighted by Crippen LogP contribution is -2.26. The highest BCUT2D eigenvalue weighted by Gasteiger charge is 2.26. The van der Waals surface area contributed by atoms with Gasteiger partial charge in [-0.15, -0.1) is 0 Å². The third kappa shape index (κ3) is 3.18. The van der Waals surface area contributed by atoms with Gasteiger partial charge in [0.2, 0.25) is 5.95 Å². The third-order valence-corrected chi connectivity index (χ3v) is 3.32. The minimum atomic E-state index is 0.0440. The molecule has 1 fully saturated rings. The van der Waals surface area contributed by atoms with Crippen LogP contribution in [0, 0.1) is 6.92 Å². The molecule has 1 aliphatic heterocycles. The van der Waals surface area contributed by atoms with Gasteiger partial charge < -0.3 is 14.4 Å². The van der Waals surface area contributed by atoms with E-state index in [1.807, 2.05) is 13.0 Å². The Morgan fingerprint density at radius 1 is 1.24 bits per heavy atom. The fourth-order valence-electron chi connectivity index (χ4n) is 2.21. The summed E-state index contributed by atoms with van der Waals surface area (Å²) in [4.78, 5) is 19.1. The number of methoxy groups -OCH3 is 1. The summed E-state index contributed by atoms with van der Waals surface area (Å²) < 4.78 is 10.8. The Hall–Kier alpha value is -2.44. The summed E-state index contributed by atoms with van der Waals surface area (Å²) in [5, 5.41) is 0. The van der Waals surface area contributed by atoms with Crippen LogP contribution in [0.15, 0.2) is 24.7 Å². The summed E-state index contributed by atoms with van der Waals surface area (Å²) in [6.07, 6.45) is 5.91. The fourth-order valence-corrected chi connectivity index (χ4v) is 2.21. The van der Waals surface area contributed by atoms with Gasteiger partial charge in [-0.05, 0) is 13.0 Å². The van der Waals surface area contributed by atoms with Gasteiger partial charge in [0.1, 0.15) is 6.10 Å². The van der Waals surface area contributed by atoms with Crippen molar-refractivity contribution in [3.8, 4) is 11.8 Å². The quantitative estimate of drug-likeness (QED) is 0.837. The molecule has 21 heavy (non-hydrogen) atoms. The Bertz CT molecular complexity index is 605. The molecule has 1 aliphatic rings. The van der Waals surface area contributed by atoms with Crippen LogP contribution in [-0.4, -0.2) is 46.2 Å². The minimum Gasteiger partial charge on any atom is -0.494 e. The molecule has 1 unspecified atom stereocenters. The summed E-state index contributed by atoms with van der Waals surface area (Å²) in [5.41, 5.74) is 0.961. The van der Waals surface area contributed by atoms with E-state index in [1.54, 1.807) is 25.7 Å². The highest BCUT2D eigenvalue weighted by Crippen LogP contribution is 2.19. The molecular formula is C14H17N5O2. The topological polar surface area (TPSA) is 73.3 Å². The molecule has 0 N–H and O–H groups in total. The van der Waals surface area contributed by atoms with Crippen molar-refractivity contribution >= 4 is 5.95 Å². The lowest BCUT2D eigenvalue weighted by molar-refractivity contribution is 0.205. The van der Waals surface area contributed by atoms with Gasteiger partial charge in [-0.2, -0.15) is 9.97 Å². The van der Waals surface area contributed by atoms with Gasteiger partial charge in [-0.1, -0.05) is 0 Å². The number of hydrogen-bond donors (Lipinski definition) is 0. The lowest BCUT2D eigenvalue weighted by Gasteiger charge is -2.16. The van der Waals surface area contributed by atoms with Crippen LogP contribution in [-0.2, 0) is 0 Å². The zero-order valence-electron chi connectivity index (χ0n) is 12.1. The predicted molar refractivity (Wildman–Crippen MR) is 76.6 cm³/mol. The second-order valence-electron chi connectivity index (χ2n) is 4.88. The van der Waals surface area contributed by atoms with Crippen LogP contribution in [0.2, 0.25) is 0 Å². The molecule has 7 nitrogen and oxygen atoms in total. The number of ether oxygens (including phenoxy) is 2. The smallest absolute Gasteiger partial charge is 0.316 e. The van der Waals surface area contributed by atoms with Gasteiger partial charge in [0.05, 0.1) is 26.0 Å². The van der Waals surface area contributed by atoms with Crippen molar-refractivity contribution in [2.24, 2.45) is 0 Å². The van der Waals surface area contributed by atoms with Gasteiger partial charge in [0.15, 0.2) is 5.75 Å². The summed E-state index contributed by atoms with van der Waals surface area (Å²) >= 11 is 0. The summed E-state index contributed by atoms with van der Waals surface area (Å²) in [6.45, 7) is 3.56. The fraction of sp³-hybridized carbons (Fsp3) is 0.429. The molecule has 110 valence electrons. The molecule has 3 rings (SSSR count). The number of anilines is 1. The Morgan fingerprint density at radius 2 is 2.05 bits per heavy atom. The van der Waals surface area contributed by atoms with E-state index in [9.17, 15) is 0 Å². The lowest BCUT2D eigenvalue weighted by atomic mass is 10.3. The van der Waals surface area contributed by atoms with Crippen LogP contribution in [0.1, 0.15) is 12.1 Å². The van der Waals surface area contributed by atoms with Crippen LogP contribution in [0.3, 0.4) is 0 Å². The van der Waals surface area contributed by atoms with E-state index in [0.717, 1.165) is 31.2 Å². The number of nitrogens with zero attached hydrogens (tertiary/aromatic N) is 5. The predicted octanol–water partition coefficient (Wildman–Crippen LogP) is 1.24. The van der Waals surface area contributed by atoms with Gasteiger partial charge in [0, 0.05) is 24.9 Å². The SMILES string of the molecule is COc1cnc(OC2CCN(c3nccc(C)n3)C2)nc1. The normalized spacial score (nSPS) is 17.8. The molecule has 2 aromatic heterocycles. The second-order valence-corrected chi connectivity index (χ2v) is 4.88. The van der Waals surface area contributed by atoms with Crippen LogP contribution >= 0.6 is 0 Å². The van der Waals surface area contributed by atoms with E-state index in [-0.39, 0.29) is 6.10 Å². The van der Waals surface area contributed by atoms with Crippen molar-refractivity contribution in [2.75, 3.05) is 25.1 Å². The first kappa shape index (κ1) is 13.5. The zero-order valence-corrected chi connectivity index (χ0v) is 12.1.